The van der Waals surface area contributed by atoms with Crippen LogP contribution in [0.25, 0.3) is 0 Å². The summed E-state index contributed by atoms with van der Waals surface area (Å²) in [5.41, 5.74) is 0.126. The Morgan fingerprint density at radius 1 is 1.26 bits per heavy atom. The van der Waals surface area contributed by atoms with E-state index in [1.54, 1.807) is 6.92 Å². The normalized spacial score (nSPS) is 13.6. The molecule has 0 fully saturated rings. The zero-order valence-electron chi connectivity index (χ0n) is 11.1. The first-order chi connectivity index (χ1) is 8.70. The van der Waals surface area contributed by atoms with Crippen LogP contribution in [0.3, 0.4) is 0 Å². The molecule has 0 saturated carbocycles. The second kappa shape index (κ2) is 6.54. The number of hydrogen-bond donors (Lipinski definition) is 2. The van der Waals surface area contributed by atoms with E-state index in [2.05, 4.69) is 10.0 Å². The van der Waals surface area contributed by atoms with Crippen molar-refractivity contribution in [2.75, 3.05) is 11.3 Å². The van der Waals surface area contributed by atoms with Crippen LogP contribution in [0.5, 0.6) is 0 Å². The van der Waals surface area contributed by atoms with Gasteiger partial charge in [0.1, 0.15) is 5.82 Å². The number of benzene rings is 1. The highest BCUT2D eigenvalue weighted by atomic mass is 35.5. The van der Waals surface area contributed by atoms with E-state index in [1.165, 1.54) is 6.07 Å². The van der Waals surface area contributed by atoms with Gasteiger partial charge in [-0.05, 0) is 25.1 Å². The summed E-state index contributed by atoms with van der Waals surface area (Å²) in [5.74, 6) is -0.585. The molecule has 0 aliphatic carbocycles. The van der Waals surface area contributed by atoms with Crippen LogP contribution in [0.4, 0.5) is 10.1 Å². The van der Waals surface area contributed by atoms with Gasteiger partial charge < -0.3 is 5.32 Å². The van der Waals surface area contributed by atoms with Gasteiger partial charge in [0.05, 0.1) is 10.9 Å². The van der Waals surface area contributed by atoms with Crippen LogP contribution < -0.4 is 10.0 Å². The molecule has 0 aliphatic rings. The Labute approximate surface area is 118 Å². The van der Waals surface area contributed by atoms with Crippen LogP contribution in [-0.2, 0) is 10.0 Å². The standard InChI is InChI=1S/C12H18ClFN2O2S/c1-8(2)15-7-9(3)19(17,18)16-12-5-10(13)4-11(14)6-12/h4-6,8-9,15-16H,7H2,1-3H3. The number of sulfonamides is 1. The molecule has 1 aromatic rings. The number of halogens is 2. The van der Waals surface area contributed by atoms with Crippen molar-refractivity contribution < 1.29 is 12.8 Å². The molecule has 0 aromatic heterocycles. The Morgan fingerprint density at radius 3 is 2.42 bits per heavy atom. The molecule has 7 heteroatoms. The minimum atomic E-state index is -3.58. The summed E-state index contributed by atoms with van der Waals surface area (Å²) >= 11 is 5.67. The van der Waals surface area contributed by atoms with Crippen LogP contribution in [0.2, 0.25) is 5.02 Å². The van der Waals surface area contributed by atoms with Crippen LogP contribution >= 0.6 is 11.6 Å². The number of rotatable bonds is 6. The molecule has 1 rings (SSSR count). The van der Waals surface area contributed by atoms with E-state index in [0.717, 1.165) is 12.1 Å². The zero-order chi connectivity index (χ0) is 14.6. The number of anilines is 1. The largest absolute Gasteiger partial charge is 0.313 e. The van der Waals surface area contributed by atoms with Crippen molar-refractivity contribution in [1.82, 2.24) is 5.32 Å². The summed E-state index contributed by atoms with van der Waals surface area (Å²) in [6.45, 7) is 5.76. The Kier molecular flexibility index (Phi) is 5.58. The van der Waals surface area contributed by atoms with E-state index in [0.29, 0.717) is 6.54 Å². The molecule has 19 heavy (non-hydrogen) atoms. The molecule has 2 N–H and O–H groups in total. The fourth-order valence-corrected chi connectivity index (χ4v) is 2.57. The summed E-state index contributed by atoms with van der Waals surface area (Å²) < 4.78 is 39.5. The van der Waals surface area contributed by atoms with Crippen LogP contribution in [0.1, 0.15) is 20.8 Å². The zero-order valence-corrected chi connectivity index (χ0v) is 12.6. The maximum absolute atomic E-state index is 13.1. The molecule has 108 valence electrons. The van der Waals surface area contributed by atoms with Crippen molar-refractivity contribution >= 4 is 27.3 Å². The highest BCUT2D eigenvalue weighted by Crippen LogP contribution is 2.20. The smallest absolute Gasteiger partial charge is 0.236 e. The molecule has 4 nitrogen and oxygen atoms in total. The molecule has 1 unspecified atom stereocenters. The third kappa shape index (κ3) is 5.34. The first-order valence-corrected chi connectivity index (χ1v) is 7.84. The second-order valence-electron chi connectivity index (χ2n) is 4.68. The van der Waals surface area contributed by atoms with Crippen molar-refractivity contribution in [3.8, 4) is 0 Å². The molecule has 0 spiro atoms. The van der Waals surface area contributed by atoms with Gasteiger partial charge in [-0.1, -0.05) is 25.4 Å². The van der Waals surface area contributed by atoms with E-state index in [-0.39, 0.29) is 16.8 Å². The van der Waals surface area contributed by atoms with Gasteiger partial charge in [0.2, 0.25) is 10.0 Å². The van der Waals surface area contributed by atoms with Crippen molar-refractivity contribution in [3.63, 3.8) is 0 Å². The van der Waals surface area contributed by atoms with Gasteiger partial charge in [0, 0.05) is 17.6 Å². The summed E-state index contributed by atoms with van der Waals surface area (Å²) in [5, 5.41) is 2.54. The lowest BCUT2D eigenvalue weighted by molar-refractivity contribution is 0.553. The third-order valence-electron chi connectivity index (χ3n) is 2.47. The summed E-state index contributed by atoms with van der Waals surface area (Å²) in [6.07, 6.45) is 0. The molecule has 0 heterocycles. The number of nitrogens with one attached hydrogen (secondary N) is 2. The van der Waals surface area contributed by atoms with Crippen molar-refractivity contribution in [2.24, 2.45) is 0 Å². The maximum Gasteiger partial charge on any atom is 0.236 e. The van der Waals surface area contributed by atoms with Gasteiger partial charge in [-0.25, -0.2) is 12.8 Å². The maximum atomic E-state index is 13.1. The molecule has 0 bridgehead atoms. The van der Waals surface area contributed by atoms with Gasteiger partial charge in [-0.2, -0.15) is 0 Å². The monoisotopic (exact) mass is 308 g/mol. The van der Waals surface area contributed by atoms with E-state index in [1.807, 2.05) is 13.8 Å². The van der Waals surface area contributed by atoms with Crippen LogP contribution in [0.15, 0.2) is 18.2 Å². The molecule has 0 amide bonds. The van der Waals surface area contributed by atoms with Crippen LogP contribution in [0, 0.1) is 5.82 Å². The van der Waals surface area contributed by atoms with Gasteiger partial charge in [0.15, 0.2) is 0 Å². The predicted molar refractivity (Wildman–Crippen MR) is 76.6 cm³/mol. The molecule has 1 atom stereocenters. The average Bonchev–Trinajstić information content (AvgIpc) is 2.23. The highest BCUT2D eigenvalue weighted by molar-refractivity contribution is 7.93. The Bertz CT molecular complexity index is 514. The van der Waals surface area contributed by atoms with E-state index in [9.17, 15) is 12.8 Å². The highest BCUT2D eigenvalue weighted by Gasteiger charge is 2.21. The summed E-state index contributed by atoms with van der Waals surface area (Å²) in [7, 11) is -3.58. The van der Waals surface area contributed by atoms with Gasteiger partial charge in [-0.3, -0.25) is 4.72 Å². The van der Waals surface area contributed by atoms with Crippen molar-refractivity contribution in [3.05, 3.63) is 29.0 Å². The minimum Gasteiger partial charge on any atom is -0.313 e. The van der Waals surface area contributed by atoms with Gasteiger partial charge in [-0.15, -0.1) is 0 Å². The molecule has 0 saturated heterocycles. The summed E-state index contributed by atoms with van der Waals surface area (Å²) in [6, 6.07) is 3.76. The minimum absolute atomic E-state index is 0.126. The quantitative estimate of drug-likeness (QED) is 0.849. The fourth-order valence-electron chi connectivity index (χ4n) is 1.39. The molecule has 0 radical (unpaired) electrons. The predicted octanol–water partition coefficient (Wildman–Crippen LogP) is 2.61. The van der Waals surface area contributed by atoms with Gasteiger partial charge >= 0.3 is 0 Å². The van der Waals surface area contributed by atoms with Crippen molar-refractivity contribution in [2.45, 2.75) is 32.1 Å². The van der Waals surface area contributed by atoms with E-state index in [4.69, 9.17) is 11.6 Å². The molecule has 1 aromatic carbocycles. The van der Waals surface area contributed by atoms with E-state index >= 15 is 0 Å². The molecular weight excluding hydrogens is 291 g/mol. The first kappa shape index (κ1) is 16.2. The number of hydrogen-bond acceptors (Lipinski definition) is 3. The second-order valence-corrected chi connectivity index (χ2v) is 7.21. The third-order valence-corrected chi connectivity index (χ3v) is 4.43. The summed E-state index contributed by atoms with van der Waals surface area (Å²) in [4.78, 5) is 0. The topological polar surface area (TPSA) is 58.2 Å². The molecule has 0 aliphatic heterocycles. The SMILES string of the molecule is CC(C)NCC(C)S(=O)(=O)Nc1cc(F)cc(Cl)c1. The Morgan fingerprint density at radius 2 is 1.89 bits per heavy atom. The average molecular weight is 309 g/mol. The lowest BCUT2D eigenvalue weighted by Crippen LogP contribution is -2.37. The first-order valence-electron chi connectivity index (χ1n) is 5.92. The Hall–Kier alpha value is -0.850. The van der Waals surface area contributed by atoms with E-state index < -0.39 is 21.1 Å². The van der Waals surface area contributed by atoms with Crippen LogP contribution in [-0.4, -0.2) is 26.3 Å². The molecular formula is C12H18ClFN2O2S. The fraction of sp³-hybridized carbons (Fsp3) is 0.500. The Balaban J connectivity index is 2.78. The lowest BCUT2D eigenvalue weighted by atomic mass is 10.3. The lowest BCUT2D eigenvalue weighted by Gasteiger charge is -2.17. The van der Waals surface area contributed by atoms with Gasteiger partial charge in [0.25, 0.3) is 0 Å². The van der Waals surface area contributed by atoms with Crippen molar-refractivity contribution in [1.29, 1.82) is 0 Å².